The number of benzene rings is 1. The van der Waals surface area contributed by atoms with Crippen molar-refractivity contribution in [1.82, 2.24) is 14.9 Å². The van der Waals surface area contributed by atoms with E-state index in [9.17, 15) is 4.79 Å². The molecule has 2 heterocycles. The lowest BCUT2D eigenvalue weighted by molar-refractivity contribution is -0.137. The third-order valence-corrected chi connectivity index (χ3v) is 5.83. The molecule has 0 N–H and O–H groups in total. The van der Waals surface area contributed by atoms with Crippen LogP contribution in [0.4, 0.5) is 0 Å². The molecule has 0 saturated carbocycles. The van der Waals surface area contributed by atoms with Crippen LogP contribution >= 0.6 is 0 Å². The molecule has 1 aliphatic heterocycles. The van der Waals surface area contributed by atoms with Crippen LogP contribution in [-0.2, 0) is 17.6 Å². The van der Waals surface area contributed by atoms with Crippen LogP contribution in [0.2, 0.25) is 0 Å². The summed E-state index contributed by atoms with van der Waals surface area (Å²) in [7, 11) is 0. The number of hydrogen-bond donors (Lipinski definition) is 0. The molecule has 130 valence electrons. The first-order valence-electron chi connectivity index (χ1n) is 9.34. The molecule has 25 heavy (non-hydrogen) atoms. The molecule has 0 bridgehead atoms. The highest BCUT2D eigenvalue weighted by Gasteiger charge is 2.31. The maximum absolute atomic E-state index is 13.0. The number of aromatic nitrogens is 2. The van der Waals surface area contributed by atoms with Crippen LogP contribution in [0.25, 0.3) is 0 Å². The molecule has 1 aromatic carbocycles. The first-order valence-corrected chi connectivity index (χ1v) is 9.34. The Bertz CT molecular complexity index is 765. The summed E-state index contributed by atoms with van der Waals surface area (Å²) in [4.78, 5) is 23.6. The summed E-state index contributed by atoms with van der Waals surface area (Å²) in [6.07, 6.45) is 8.46. The minimum absolute atomic E-state index is 0.159. The van der Waals surface area contributed by atoms with Crippen molar-refractivity contribution in [1.29, 1.82) is 0 Å². The van der Waals surface area contributed by atoms with Crippen molar-refractivity contribution >= 4 is 5.91 Å². The van der Waals surface area contributed by atoms with Gasteiger partial charge in [0.25, 0.3) is 0 Å². The maximum atomic E-state index is 13.0. The molecule has 2 aromatic rings. The summed E-state index contributed by atoms with van der Waals surface area (Å²) in [5, 5.41) is 0. The normalized spacial score (nSPS) is 21.0. The van der Waals surface area contributed by atoms with Crippen molar-refractivity contribution in [2.75, 3.05) is 13.1 Å². The molecule has 1 unspecified atom stereocenters. The Balaban J connectivity index is 1.38. The Morgan fingerprint density at radius 3 is 2.64 bits per heavy atom. The first kappa shape index (κ1) is 16.2. The van der Waals surface area contributed by atoms with Gasteiger partial charge in [-0.15, -0.1) is 0 Å². The van der Waals surface area contributed by atoms with Gasteiger partial charge in [0.05, 0.1) is 0 Å². The van der Waals surface area contributed by atoms with Gasteiger partial charge in [0.15, 0.2) is 0 Å². The zero-order valence-corrected chi connectivity index (χ0v) is 14.8. The van der Waals surface area contributed by atoms with Crippen LogP contribution < -0.4 is 0 Å². The Morgan fingerprint density at radius 2 is 1.88 bits per heavy atom. The standard InChI is InChI=1S/C21H25N3O/c1-15-13-22-14-23-20(15)17-8-10-24(11-9-17)21(25)19-7-6-16-4-2-3-5-18(16)12-19/h2-5,13-14,17,19H,6-12H2,1H3. The number of piperidine rings is 1. The van der Waals surface area contributed by atoms with Gasteiger partial charge in [-0.2, -0.15) is 0 Å². The number of hydrogen-bond acceptors (Lipinski definition) is 3. The highest BCUT2D eigenvalue weighted by Crippen LogP contribution is 2.31. The summed E-state index contributed by atoms with van der Waals surface area (Å²) >= 11 is 0. The van der Waals surface area contributed by atoms with Gasteiger partial charge in [-0.25, -0.2) is 9.97 Å². The van der Waals surface area contributed by atoms with Crippen LogP contribution in [-0.4, -0.2) is 33.9 Å². The van der Waals surface area contributed by atoms with Crippen molar-refractivity contribution in [3.8, 4) is 0 Å². The van der Waals surface area contributed by atoms with Crippen LogP contribution in [0.1, 0.15) is 47.6 Å². The zero-order valence-electron chi connectivity index (χ0n) is 14.8. The fraction of sp³-hybridized carbons (Fsp3) is 0.476. The van der Waals surface area contributed by atoms with Crippen molar-refractivity contribution in [3.63, 3.8) is 0 Å². The quantitative estimate of drug-likeness (QED) is 0.846. The predicted octanol–water partition coefficient (Wildman–Crippen LogP) is 3.30. The van der Waals surface area contributed by atoms with Crippen molar-refractivity contribution in [2.24, 2.45) is 5.92 Å². The molecule has 1 aliphatic carbocycles. The van der Waals surface area contributed by atoms with E-state index >= 15 is 0 Å². The highest BCUT2D eigenvalue weighted by atomic mass is 16.2. The summed E-state index contributed by atoms with van der Waals surface area (Å²) < 4.78 is 0. The number of likely N-dealkylation sites (tertiary alicyclic amines) is 1. The molecule has 1 atom stereocenters. The summed E-state index contributed by atoms with van der Waals surface area (Å²) in [6, 6.07) is 8.56. The van der Waals surface area contributed by atoms with Gasteiger partial charge >= 0.3 is 0 Å². The Morgan fingerprint density at radius 1 is 1.12 bits per heavy atom. The monoisotopic (exact) mass is 335 g/mol. The van der Waals surface area contributed by atoms with E-state index in [1.54, 1.807) is 6.33 Å². The molecule has 1 aromatic heterocycles. The molecule has 2 aliphatic rings. The summed E-state index contributed by atoms with van der Waals surface area (Å²) in [5.41, 5.74) is 5.10. The molecular weight excluding hydrogens is 310 g/mol. The lowest BCUT2D eigenvalue weighted by Crippen LogP contribution is -2.43. The predicted molar refractivity (Wildman–Crippen MR) is 97.3 cm³/mol. The van der Waals surface area contributed by atoms with Crippen LogP contribution in [0, 0.1) is 12.8 Å². The van der Waals surface area contributed by atoms with E-state index in [2.05, 4.69) is 46.1 Å². The number of aryl methyl sites for hydroxylation is 2. The number of nitrogens with zero attached hydrogens (tertiary/aromatic N) is 3. The van der Waals surface area contributed by atoms with Crippen LogP contribution in [0.5, 0.6) is 0 Å². The molecule has 1 amide bonds. The number of rotatable bonds is 2. The highest BCUT2D eigenvalue weighted by molar-refractivity contribution is 5.79. The SMILES string of the molecule is Cc1cncnc1C1CCN(C(=O)C2CCc3ccccc3C2)CC1. The van der Waals surface area contributed by atoms with E-state index < -0.39 is 0 Å². The number of fused-ring (bicyclic) bond motifs is 1. The molecule has 1 fully saturated rings. The van der Waals surface area contributed by atoms with Gasteiger partial charge < -0.3 is 4.90 Å². The molecule has 4 nitrogen and oxygen atoms in total. The molecular formula is C21H25N3O. The minimum atomic E-state index is 0.159. The van der Waals surface area contributed by atoms with Crippen molar-refractivity contribution in [3.05, 3.63) is 59.2 Å². The largest absolute Gasteiger partial charge is 0.342 e. The number of carbonyl (C=O) groups excluding carboxylic acids is 1. The van der Waals surface area contributed by atoms with Gasteiger partial charge in [0.1, 0.15) is 6.33 Å². The second kappa shape index (κ2) is 6.95. The Hall–Kier alpha value is -2.23. The fourth-order valence-electron chi connectivity index (χ4n) is 4.38. The zero-order chi connectivity index (χ0) is 17.2. The third-order valence-electron chi connectivity index (χ3n) is 5.83. The molecule has 0 spiro atoms. The second-order valence-corrected chi connectivity index (χ2v) is 7.40. The van der Waals surface area contributed by atoms with Gasteiger partial charge in [-0.3, -0.25) is 4.79 Å². The third kappa shape index (κ3) is 3.30. The van der Waals surface area contributed by atoms with E-state index in [1.807, 2.05) is 6.20 Å². The van der Waals surface area contributed by atoms with E-state index in [1.165, 1.54) is 11.1 Å². The first-order chi connectivity index (χ1) is 12.2. The summed E-state index contributed by atoms with van der Waals surface area (Å²) in [6.45, 7) is 3.78. The number of carbonyl (C=O) groups is 1. The van der Waals surface area contributed by atoms with E-state index in [4.69, 9.17) is 0 Å². The maximum Gasteiger partial charge on any atom is 0.226 e. The fourth-order valence-corrected chi connectivity index (χ4v) is 4.38. The molecule has 4 rings (SSSR count). The second-order valence-electron chi connectivity index (χ2n) is 7.40. The van der Waals surface area contributed by atoms with E-state index in [0.29, 0.717) is 11.8 Å². The van der Waals surface area contributed by atoms with E-state index in [0.717, 1.165) is 56.5 Å². The van der Waals surface area contributed by atoms with Crippen LogP contribution in [0.15, 0.2) is 36.8 Å². The average Bonchev–Trinajstić information content (AvgIpc) is 2.67. The molecule has 0 radical (unpaired) electrons. The van der Waals surface area contributed by atoms with Gasteiger partial charge in [0, 0.05) is 36.8 Å². The average molecular weight is 335 g/mol. The minimum Gasteiger partial charge on any atom is -0.342 e. The van der Waals surface area contributed by atoms with Crippen molar-refractivity contribution in [2.45, 2.75) is 44.9 Å². The van der Waals surface area contributed by atoms with Gasteiger partial charge in [0.2, 0.25) is 5.91 Å². The topological polar surface area (TPSA) is 46.1 Å². The lowest BCUT2D eigenvalue weighted by atomic mass is 9.82. The summed E-state index contributed by atoms with van der Waals surface area (Å²) in [5.74, 6) is 0.971. The Kier molecular flexibility index (Phi) is 4.51. The van der Waals surface area contributed by atoms with Crippen LogP contribution in [0.3, 0.4) is 0 Å². The molecule has 4 heteroatoms. The number of amides is 1. The Labute approximate surface area is 149 Å². The van der Waals surface area contributed by atoms with Gasteiger partial charge in [-0.05, 0) is 55.7 Å². The smallest absolute Gasteiger partial charge is 0.226 e. The van der Waals surface area contributed by atoms with Crippen molar-refractivity contribution < 1.29 is 4.79 Å². The van der Waals surface area contributed by atoms with Gasteiger partial charge in [-0.1, -0.05) is 24.3 Å². The van der Waals surface area contributed by atoms with E-state index in [-0.39, 0.29) is 5.92 Å². The molecule has 1 saturated heterocycles. The lowest BCUT2D eigenvalue weighted by Gasteiger charge is -2.35.